The number of benzene rings is 2. The Morgan fingerprint density at radius 2 is 1.68 bits per heavy atom. The maximum Gasteiger partial charge on any atom is 0.314 e. The van der Waals surface area contributed by atoms with E-state index in [-0.39, 0.29) is 12.7 Å². The molecule has 0 saturated carbocycles. The average molecular weight is 515 g/mol. The minimum atomic E-state index is -1.26. The summed E-state index contributed by atoms with van der Waals surface area (Å²) in [4.78, 5) is 36.2. The van der Waals surface area contributed by atoms with Gasteiger partial charge in [0.05, 0.1) is 28.9 Å². The van der Waals surface area contributed by atoms with Gasteiger partial charge < -0.3 is 20.6 Å². The normalized spacial score (nSPS) is 16.6. The molecule has 1 aromatic heterocycles. The number of rotatable bonds is 11. The van der Waals surface area contributed by atoms with E-state index < -0.39 is 29.4 Å². The monoisotopic (exact) mass is 514 g/mol. The molecule has 0 aliphatic carbocycles. The number of nitrogens with one attached hydrogen (secondary N) is 1. The highest BCUT2D eigenvalue weighted by Crippen LogP contribution is 2.24. The second kappa shape index (κ2) is 12.5. The number of nitrogens with zero attached hydrogens (tertiary/aromatic N) is 2. The minimum absolute atomic E-state index is 0.00547. The molecule has 2 unspecified atom stereocenters. The van der Waals surface area contributed by atoms with Crippen LogP contribution in [0.3, 0.4) is 0 Å². The van der Waals surface area contributed by atoms with Crippen molar-refractivity contribution in [2.75, 3.05) is 0 Å². The first-order valence-electron chi connectivity index (χ1n) is 12.8. The third-order valence-electron chi connectivity index (χ3n) is 6.74. The van der Waals surface area contributed by atoms with Gasteiger partial charge in [0, 0.05) is 19.0 Å². The number of hydrogen-bond acceptors (Lipinski definition) is 7. The Labute approximate surface area is 223 Å². The summed E-state index contributed by atoms with van der Waals surface area (Å²) < 4.78 is 5.43. The number of pyridine rings is 1. The van der Waals surface area contributed by atoms with Gasteiger partial charge in [0.1, 0.15) is 6.61 Å². The summed E-state index contributed by atoms with van der Waals surface area (Å²) in [5.74, 6) is -1.03. The number of hydrogen-bond donors (Lipinski definition) is 2. The highest BCUT2D eigenvalue weighted by molar-refractivity contribution is 5.90. The van der Waals surface area contributed by atoms with Crippen molar-refractivity contribution >= 4 is 17.6 Å². The van der Waals surface area contributed by atoms with Crippen molar-refractivity contribution in [3.05, 3.63) is 102 Å². The molecule has 38 heavy (non-hydrogen) atoms. The van der Waals surface area contributed by atoms with Gasteiger partial charge in [-0.2, -0.15) is 0 Å². The van der Waals surface area contributed by atoms with Crippen molar-refractivity contribution in [1.29, 1.82) is 0 Å². The first-order chi connectivity index (χ1) is 18.3. The predicted molar refractivity (Wildman–Crippen MR) is 145 cm³/mol. The molecule has 4 rings (SSSR count). The molecule has 0 saturated heterocycles. The molecule has 3 aromatic rings. The average Bonchev–Trinajstić information content (AvgIpc) is 3.41. The fourth-order valence-electron chi connectivity index (χ4n) is 4.28. The SMILES string of the molecule is CC(C)(C(=O)OCc1ccccn1)[C@H](N)C(=O)NC(Cc1ccccc1)C1CC(Cc2ccccc2)=NO1. The molecule has 0 spiro atoms. The number of oxime groups is 1. The van der Waals surface area contributed by atoms with Crippen molar-refractivity contribution in [3.63, 3.8) is 0 Å². The minimum Gasteiger partial charge on any atom is -0.459 e. The Hall–Kier alpha value is -4.04. The largest absolute Gasteiger partial charge is 0.459 e. The van der Waals surface area contributed by atoms with E-state index in [0.29, 0.717) is 25.0 Å². The molecule has 3 N–H and O–H groups in total. The van der Waals surface area contributed by atoms with Crippen LogP contribution in [0.5, 0.6) is 0 Å². The molecule has 8 nitrogen and oxygen atoms in total. The summed E-state index contributed by atoms with van der Waals surface area (Å²) in [5, 5.41) is 7.36. The van der Waals surface area contributed by atoms with Gasteiger partial charge in [0.2, 0.25) is 5.91 Å². The summed E-state index contributed by atoms with van der Waals surface area (Å²) in [6.45, 7) is 3.22. The maximum absolute atomic E-state index is 13.3. The highest BCUT2D eigenvalue weighted by atomic mass is 16.6. The fraction of sp³-hybridized carbons (Fsp3) is 0.333. The highest BCUT2D eigenvalue weighted by Gasteiger charge is 2.42. The Morgan fingerprint density at radius 1 is 1.03 bits per heavy atom. The van der Waals surface area contributed by atoms with Crippen LogP contribution in [-0.2, 0) is 38.6 Å². The summed E-state index contributed by atoms with van der Waals surface area (Å²) >= 11 is 0. The van der Waals surface area contributed by atoms with Crippen molar-refractivity contribution in [2.45, 2.75) is 57.9 Å². The number of amides is 1. The molecule has 8 heteroatoms. The van der Waals surface area contributed by atoms with Crippen molar-refractivity contribution in [3.8, 4) is 0 Å². The van der Waals surface area contributed by atoms with Crippen LogP contribution in [0.15, 0.2) is 90.2 Å². The van der Waals surface area contributed by atoms with E-state index in [2.05, 4.69) is 15.5 Å². The quantitative estimate of drug-likeness (QED) is 0.378. The fourth-order valence-corrected chi connectivity index (χ4v) is 4.28. The summed E-state index contributed by atoms with van der Waals surface area (Å²) in [6.07, 6.45) is 3.06. The van der Waals surface area contributed by atoms with Crippen LogP contribution in [0.25, 0.3) is 0 Å². The molecule has 3 atom stereocenters. The topological polar surface area (TPSA) is 116 Å². The van der Waals surface area contributed by atoms with Crippen LogP contribution >= 0.6 is 0 Å². The molecular weight excluding hydrogens is 480 g/mol. The van der Waals surface area contributed by atoms with E-state index in [4.69, 9.17) is 15.3 Å². The lowest BCUT2D eigenvalue weighted by Crippen LogP contribution is -2.57. The smallest absolute Gasteiger partial charge is 0.314 e. The van der Waals surface area contributed by atoms with E-state index in [1.165, 1.54) is 0 Å². The van der Waals surface area contributed by atoms with Gasteiger partial charge in [-0.15, -0.1) is 0 Å². The Balaban J connectivity index is 1.41. The third kappa shape index (κ3) is 7.04. The van der Waals surface area contributed by atoms with E-state index in [9.17, 15) is 9.59 Å². The van der Waals surface area contributed by atoms with E-state index in [1.54, 1.807) is 32.2 Å². The number of ether oxygens (including phenoxy) is 1. The molecular formula is C30H34N4O4. The first-order valence-corrected chi connectivity index (χ1v) is 12.8. The van der Waals surface area contributed by atoms with Gasteiger partial charge in [0.25, 0.3) is 0 Å². The van der Waals surface area contributed by atoms with Crippen LogP contribution < -0.4 is 11.1 Å². The van der Waals surface area contributed by atoms with E-state index in [0.717, 1.165) is 16.8 Å². The van der Waals surface area contributed by atoms with E-state index in [1.807, 2.05) is 66.7 Å². The second-order valence-electron chi connectivity index (χ2n) is 10.1. The van der Waals surface area contributed by atoms with Crippen molar-refractivity contribution < 1.29 is 19.2 Å². The zero-order valence-corrected chi connectivity index (χ0v) is 21.7. The molecule has 198 valence electrons. The number of carbonyl (C=O) groups is 2. The molecule has 2 heterocycles. The Bertz CT molecular complexity index is 1230. The number of nitrogens with two attached hydrogens (primary N) is 1. The van der Waals surface area contributed by atoms with Gasteiger partial charge >= 0.3 is 5.97 Å². The predicted octanol–water partition coefficient (Wildman–Crippen LogP) is 3.59. The van der Waals surface area contributed by atoms with Crippen LogP contribution in [-0.4, -0.2) is 40.8 Å². The first kappa shape index (κ1) is 27.0. The van der Waals surface area contributed by atoms with Crippen molar-refractivity contribution in [1.82, 2.24) is 10.3 Å². The molecule has 1 amide bonds. The van der Waals surface area contributed by atoms with Gasteiger partial charge in [-0.1, -0.05) is 71.9 Å². The summed E-state index contributed by atoms with van der Waals surface area (Å²) in [6, 6.07) is 23.7. The number of carbonyl (C=O) groups excluding carboxylic acids is 2. The van der Waals surface area contributed by atoms with Crippen LogP contribution in [0, 0.1) is 5.41 Å². The van der Waals surface area contributed by atoms with Gasteiger partial charge in [0.15, 0.2) is 6.10 Å². The standard InChI is InChI=1S/C30H34N4O4/c1-30(2,29(36)37-20-23-15-9-10-16-32-23)27(31)28(35)33-25(18-22-13-7-4-8-14-22)26-19-24(34-38-26)17-21-11-5-3-6-12-21/h3-16,25-27H,17-20,31H2,1-2H3,(H,33,35)/t25?,26?,27-/m1/s1. The lowest BCUT2D eigenvalue weighted by molar-refractivity contribution is -0.158. The molecule has 0 radical (unpaired) electrons. The van der Waals surface area contributed by atoms with Crippen LogP contribution in [0.4, 0.5) is 0 Å². The molecule has 1 aliphatic rings. The summed E-state index contributed by atoms with van der Waals surface area (Å²) in [5.41, 5.74) is 8.79. The lowest BCUT2D eigenvalue weighted by atomic mass is 9.84. The Kier molecular flexibility index (Phi) is 8.86. The van der Waals surface area contributed by atoms with Crippen LogP contribution in [0.1, 0.15) is 37.1 Å². The van der Waals surface area contributed by atoms with Gasteiger partial charge in [-0.05, 0) is 43.5 Å². The van der Waals surface area contributed by atoms with Crippen LogP contribution in [0.2, 0.25) is 0 Å². The molecule has 1 aliphatic heterocycles. The molecule has 0 fully saturated rings. The lowest BCUT2D eigenvalue weighted by Gasteiger charge is -2.31. The van der Waals surface area contributed by atoms with Crippen molar-refractivity contribution in [2.24, 2.45) is 16.3 Å². The number of esters is 1. The maximum atomic E-state index is 13.3. The van der Waals surface area contributed by atoms with Gasteiger partial charge in [-0.25, -0.2) is 0 Å². The number of aromatic nitrogens is 1. The zero-order chi connectivity index (χ0) is 27.0. The summed E-state index contributed by atoms with van der Waals surface area (Å²) in [7, 11) is 0. The van der Waals surface area contributed by atoms with E-state index >= 15 is 0 Å². The zero-order valence-electron chi connectivity index (χ0n) is 21.7. The Morgan fingerprint density at radius 3 is 2.34 bits per heavy atom. The second-order valence-corrected chi connectivity index (χ2v) is 10.1. The third-order valence-corrected chi connectivity index (χ3v) is 6.74. The molecule has 0 bridgehead atoms. The molecule has 2 aromatic carbocycles. The van der Waals surface area contributed by atoms with Gasteiger partial charge in [-0.3, -0.25) is 14.6 Å².